The number of rotatable bonds is 5. The van der Waals surface area contributed by atoms with Crippen molar-refractivity contribution in [2.24, 2.45) is 5.73 Å². The molecule has 0 saturated carbocycles. The summed E-state index contributed by atoms with van der Waals surface area (Å²) in [6.07, 6.45) is 3.25. The maximum atomic E-state index is 5.48. The first-order chi connectivity index (χ1) is 7.19. The molecule has 0 bridgehead atoms. The molecule has 0 heterocycles. The van der Waals surface area contributed by atoms with E-state index in [1.54, 1.807) is 7.11 Å². The lowest BCUT2D eigenvalue weighted by Crippen LogP contribution is -2.00. The van der Waals surface area contributed by atoms with Gasteiger partial charge in [0.1, 0.15) is 5.75 Å². The van der Waals surface area contributed by atoms with Crippen LogP contribution in [0.3, 0.4) is 0 Å². The summed E-state index contributed by atoms with van der Waals surface area (Å²) in [5, 5.41) is 0. The van der Waals surface area contributed by atoms with Gasteiger partial charge in [-0.15, -0.1) is 0 Å². The molecule has 0 fully saturated rings. The minimum absolute atomic E-state index is 0.764. The van der Waals surface area contributed by atoms with Gasteiger partial charge in [0, 0.05) is 4.47 Å². The van der Waals surface area contributed by atoms with Gasteiger partial charge in [-0.1, -0.05) is 15.9 Å². The Kier molecular flexibility index (Phi) is 5.12. The molecule has 15 heavy (non-hydrogen) atoms. The van der Waals surface area contributed by atoms with Crippen LogP contribution in [0.4, 0.5) is 0 Å². The first-order valence-electron chi connectivity index (χ1n) is 5.22. The highest BCUT2D eigenvalue weighted by molar-refractivity contribution is 9.10. The summed E-state index contributed by atoms with van der Waals surface area (Å²) in [7, 11) is 1.70. The molecule has 84 valence electrons. The predicted octanol–water partition coefficient (Wildman–Crippen LogP) is 3.05. The third-order valence-electron chi connectivity index (χ3n) is 2.44. The van der Waals surface area contributed by atoms with E-state index in [0.29, 0.717) is 0 Å². The van der Waals surface area contributed by atoms with Gasteiger partial charge in [-0.2, -0.15) is 0 Å². The first kappa shape index (κ1) is 12.5. The summed E-state index contributed by atoms with van der Waals surface area (Å²) < 4.78 is 6.45. The first-order valence-corrected chi connectivity index (χ1v) is 6.01. The number of aryl methyl sites for hydroxylation is 2. The summed E-state index contributed by atoms with van der Waals surface area (Å²) in [6.45, 7) is 2.85. The Bertz CT molecular complexity index is 326. The number of halogens is 1. The van der Waals surface area contributed by atoms with Crippen LogP contribution in [-0.4, -0.2) is 13.7 Å². The lowest BCUT2D eigenvalue weighted by atomic mass is 10.1. The molecule has 3 heteroatoms. The van der Waals surface area contributed by atoms with Gasteiger partial charge in [-0.3, -0.25) is 0 Å². The number of hydrogen-bond donors (Lipinski definition) is 1. The molecule has 1 aromatic carbocycles. The number of benzene rings is 1. The summed E-state index contributed by atoms with van der Waals surface area (Å²) in [5.74, 6) is 0.929. The maximum absolute atomic E-state index is 5.48. The highest BCUT2D eigenvalue weighted by Gasteiger charge is 2.05. The van der Waals surface area contributed by atoms with Crippen molar-refractivity contribution in [2.75, 3.05) is 13.7 Å². The second-order valence-corrected chi connectivity index (χ2v) is 4.46. The van der Waals surface area contributed by atoms with Crippen molar-refractivity contribution in [3.8, 4) is 5.75 Å². The largest absolute Gasteiger partial charge is 0.497 e. The Labute approximate surface area is 99.9 Å². The molecular formula is C12H18BrNO. The van der Waals surface area contributed by atoms with E-state index >= 15 is 0 Å². The summed E-state index contributed by atoms with van der Waals surface area (Å²) in [5.41, 5.74) is 8.01. The lowest BCUT2D eigenvalue weighted by molar-refractivity contribution is 0.413. The van der Waals surface area contributed by atoms with Crippen LogP contribution in [0.25, 0.3) is 0 Å². The molecule has 0 unspecified atom stereocenters. The van der Waals surface area contributed by atoms with Crippen LogP contribution in [0.1, 0.15) is 24.0 Å². The van der Waals surface area contributed by atoms with Gasteiger partial charge in [-0.05, 0) is 56.0 Å². The highest BCUT2D eigenvalue weighted by Crippen LogP contribution is 2.28. The fraction of sp³-hybridized carbons (Fsp3) is 0.500. The van der Waals surface area contributed by atoms with E-state index in [0.717, 1.165) is 31.6 Å². The van der Waals surface area contributed by atoms with Gasteiger partial charge in [0.25, 0.3) is 0 Å². The average molecular weight is 272 g/mol. The van der Waals surface area contributed by atoms with Crippen molar-refractivity contribution in [1.29, 1.82) is 0 Å². The Morgan fingerprint density at radius 1 is 1.33 bits per heavy atom. The Balaban J connectivity index is 2.80. The van der Waals surface area contributed by atoms with Gasteiger partial charge in [0.05, 0.1) is 7.11 Å². The third kappa shape index (κ3) is 3.50. The Morgan fingerprint density at radius 3 is 2.67 bits per heavy atom. The molecule has 0 saturated heterocycles. The van der Waals surface area contributed by atoms with E-state index in [4.69, 9.17) is 10.5 Å². The van der Waals surface area contributed by atoms with E-state index in [9.17, 15) is 0 Å². The van der Waals surface area contributed by atoms with Gasteiger partial charge >= 0.3 is 0 Å². The van der Waals surface area contributed by atoms with Crippen LogP contribution < -0.4 is 10.5 Å². The van der Waals surface area contributed by atoms with E-state index < -0.39 is 0 Å². The molecule has 0 aliphatic rings. The minimum atomic E-state index is 0.764. The molecule has 0 amide bonds. The monoisotopic (exact) mass is 271 g/mol. The molecule has 2 nitrogen and oxygen atoms in total. The van der Waals surface area contributed by atoms with Gasteiger partial charge < -0.3 is 10.5 Å². The van der Waals surface area contributed by atoms with Crippen LogP contribution >= 0.6 is 15.9 Å². The molecule has 0 atom stereocenters. The molecule has 0 aliphatic carbocycles. The van der Waals surface area contributed by atoms with Gasteiger partial charge in [0.2, 0.25) is 0 Å². The van der Waals surface area contributed by atoms with Crippen molar-refractivity contribution in [1.82, 2.24) is 0 Å². The van der Waals surface area contributed by atoms with E-state index in [2.05, 4.69) is 28.9 Å². The van der Waals surface area contributed by atoms with Crippen LogP contribution in [0.5, 0.6) is 5.75 Å². The van der Waals surface area contributed by atoms with Gasteiger partial charge in [-0.25, -0.2) is 0 Å². The van der Waals surface area contributed by atoms with Crippen molar-refractivity contribution < 1.29 is 4.74 Å². The smallest absolute Gasteiger partial charge is 0.119 e. The molecule has 0 aliphatic heterocycles. The minimum Gasteiger partial charge on any atom is -0.497 e. The van der Waals surface area contributed by atoms with Gasteiger partial charge in [0.15, 0.2) is 0 Å². The highest BCUT2D eigenvalue weighted by atomic mass is 79.9. The predicted molar refractivity (Wildman–Crippen MR) is 67.4 cm³/mol. The maximum Gasteiger partial charge on any atom is 0.119 e. The van der Waals surface area contributed by atoms with Crippen molar-refractivity contribution in [3.63, 3.8) is 0 Å². The second-order valence-electron chi connectivity index (χ2n) is 3.66. The molecular weight excluding hydrogens is 254 g/mol. The second kappa shape index (κ2) is 6.13. The molecule has 0 spiro atoms. The standard InChI is InChI=1S/C12H18BrNO/c1-9-7-11(15-2)8-10(12(9)13)5-3-4-6-14/h7-8H,3-6,14H2,1-2H3. The van der Waals surface area contributed by atoms with E-state index in [1.165, 1.54) is 15.6 Å². The summed E-state index contributed by atoms with van der Waals surface area (Å²) in [6, 6.07) is 4.13. The van der Waals surface area contributed by atoms with Crippen LogP contribution in [0.2, 0.25) is 0 Å². The zero-order valence-electron chi connectivity index (χ0n) is 9.35. The summed E-state index contributed by atoms with van der Waals surface area (Å²) >= 11 is 3.61. The average Bonchev–Trinajstić information content (AvgIpc) is 2.24. The number of unbranched alkanes of at least 4 members (excludes halogenated alkanes) is 1. The fourth-order valence-corrected chi connectivity index (χ4v) is 1.99. The van der Waals surface area contributed by atoms with Crippen LogP contribution in [0.15, 0.2) is 16.6 Å². The number of methoxy groups -OCH3 is 1. The molecule has 1 aromatic rings. The quantitative estimate of drug-likeness (QED) is 0.836. The molecule has 2 N–H and O–H groups in total. The molecule has 0 aromatic heterocycles. The van der Waals surface area contributed by atoms with Crippen molar-refractivity contribution >= 4 is 15.9 Å². The van der Waals surface area contributed by atoms with Crippen molar-refractivity contribution in [3.05, 3.63) is 27.7 Å². The number of hydrogen-bond acceptors (Lipinski definition) is 2. The fourth-order valence-electron chi connectivity index (χ4n) is 1.57. The normalized spacial score (nSPS) is 10.4. The lowest BCUT2D eigenvalue weighted by Gasteiger charge is -2.10. The Morgan fingerprint density at radius 2 is 2.07 bits per heavy atom. The number of ether oxygens (including phenoxy) is 1. The van der Waals surface area contributed by atoms with Crippen LogP contribution in [-0.2, 0) is 6.42 Å². The van der Waals surface area contributed by atoms with E-state index in [1.807, 2.05) is 6.07 Å². The zero-order chi connectivity index (χ0) is 11.3. The molecule has 1 rings (SSSR count). The number of nitrogens with two attached hydrogens (primary N) is 1. The van der Waals surface area contributed by atoms with Crippen molar-refractivity contribution in [2.45, 2.75) is 26.2 Å². The third-order valence-corrected chi connectivity index (χ3v) is 3.57. The SMILES string of the molecule is COc1cc(C)c(Br)c(CCCCN)c1. The van der Waals surface area contributed by atoms with Crippen LogP contribution in [0, 0.1) is 6.92 Å². The topological polar surface area (TPSA) is 35.2 Å². The molecule has 0 radical (unpaired) electrons. The Hall–Kier alpha value is -0.540. The summed E-state index contributed by atoms with van der Waals surface area (Å²) in [4.78, 5) is 0. The van der Waals surface area contributed by atoms with E-state index in [-0.39, 0.29) is 0 Å². The zero-order valence-corrected chi connectivity index (χ0v) is 10.9.